The van der Waals surface area contributed by atoms with Crippen LogP contribution in [0.25, 0.3) is 0 Å². The van der Waals surface area contributed by atoms with Crippen LogP contribution in [0.1, 0.15) is 25.5 Å². The SMILES string of the molecule is COc1cc(OC)cc([C@H](N)[C@H](O)C(C)C)c1. The summed E-state index contributed by atoms with van der Waals surface area (Å²) in [7, 11) is 3.17. The molecule has 17 heavy (non-hydrogen) atoms. The van der Waals surface area contributed by atoms with E-state index in [4.69, 9.17) is 15.2 Å². The molecule has 0 aliphatic rings. The summed E-state index contributed by atoms with van der Waals surface area (Å²) >= 11 is 0. The molecule has 0 saturated heterocycles. The van der Waals surface area contributed by atoms with Crippen LogP contribution in [0, 0.1) is 5.92 Å². The fraction of sp³-hybridized carbons (Fsp3) is 0.538. The van der Waals surface area contributed by atoms with Crippen molar-refractivity contribution in [1.82, 2.24) is 0 Å². The third-order valence-corrected chi connectivity index (χ3v) is 2.81. The zero-order valence-corrected chi connectivity index (χ0v) is 10.8. The van der Waals surface area contributed by atoms with Crippen LogP contribution >= 0.6 is 0 Å². The molecule has 0 aliphatic heterocycles. The first kappa shape index (κ1) is 13.8. The van der Waals surface area contributed by atoms with Gasteiger partial charge in [0.1, 0.15) is 11.5 Å². The summed E-state index contributed by atoms with van der Waals surface area (Å²) in [5, 5.41) is 9.97. The van der Waals surface area contributed by atoms with E-state index < -0.39 is 12.1 Å². The normalized spacial score (nSPS) is 14.5. The molecule has 0 saturated carbocycles. The average Bonchev–Trinajstić information content (AvgIpc) is 2.35. The van der Waals surface area contributed by atoms with E-state index in [-0.39, 0.29) is 5.92 Å². The Morgan fingerprint density at radius 3 is 1.88 bits per heavy atom. The van der Waals surface area contributed by atoms with Crippen molar-refractivity contribution in [2.45, 2.75) is 26.0 Å². The molecule has 96 valence electrons. The van der Waals surface area contributed by atoms with E-state index in [9.17, 15) is 5.11 Å². The second kappa shape index (κ2) is 5.89. The Morgan fingerprint density at radius 1 is 1.06 bits per heavy atom. The molecule has 1 aromatic carbocycles. The van der Waals surface area contributed by atoms with Gasteiger partial charge in [-0.2, -0.15) is 0 Å². The highest BCUT2D eigenvalue weighted by Gasteiger charge is 2.21. The Bertz CT molecular complexity index is 343. The fourth-order valence-corrected chi connectivity index (χ4v) is 1.63. The first-order valence-electron chi connectivity index (χ1n) is 5.66. The van der Waals surface area contributed by atoms with Crippen LogP contribution in [0.5, 0.6) is 11.5 Å². The molecule has 4 nitrogen and oxygen atoms in total. The minimum atomic E-state index is -0.591. The lowest BCUT2D eigenvalue weighted by Crippen LogP contribution is -2.30. The van der Waals surface area contributed by atoms with Gasteiger partial charge in [0.05, 0.1) is 26.4 Å². The predicted molar refractivity (Wildman–Crippen MR) is 67.3 cm³/mol. The topological polar surface area (TPSA) is 64.7 Å². The lowest BCUT2D eigenvalue weighted by molar-refractivity contribution is 0.0978. The maximum Gasteiger partial charge on any atom is 0.122 e. The van der Waals surface area contributed by atoms with Crippen molar-refractivity contribution >= 4 is 0 Å². The molecule has 0 heterocycles. The molecule has 0 amide bonds. The van der Waals surface area contributed by atoms with Crippen LogP contribution < -0.4 is 15.2 Å². The number of hydrogen-bond donors (Lipinski definition) is 2. The van der Waals surface area contributed by atoms with Crippen LogP contribution in [0.15, 0.2) is 18.2 Å². The third-order valence-electron chi connectivity index (χ3n) is 2.81. The van der Waals surface area contributed by atoms with E-state index in [1.807, 2.05) is 26.0 Å². The summed E-state index contributed by atoms with van der Waals surface area (Å²) in [6.07, 6.45) is -0.591. The molecule has 1 aromatic rings. The molecule has 0 aromatic heterocycles. The van der Waals surface area contributed by atoms with E-state index in [0.29, 0.717) is 11.5 Å². The second-order valence-electron chi connectivity index (χ2n) is 4.41. The number of nitrogens with two attached hydrogens (primary N) is 1. The van der Waals surface area contributed by atoms with E-state index in [1.165, 1.54) is 0 Å². The highest BCUT2D eigenvalue weighted by Crippen LogP contribution is 2.28. The van der Waals surface area contributed by atoms with Crippen LogP contribution in [-0.2, 0) is 0 Å². The number of rotatable bonds is 5. The number of hydrogen-bond acceptors (Lipinski definition) is 4. The summed E-state index contributed by atoms with van der Waals surface area (Å²) in [4.78, 5) is 0. The molecule has 2 atom stereocenters. The van der Waals surface area contributed by atoms with Crippen molar-refractivity contribution in [2.75, 3.05) is 14.2 Å². The molecule has 0 radical (unpaired) electrons. The fourth-order valence-electron chi connectivity index (χ4n) is 1.63. The molecule has 0 aliphatic carbocycles. The van der Waals surface area contributed by atoms with Gasteiger partial charge in [-0.25, -0.2) is 0 Å². The van der Waals surface area contributed by atoms with Gasteiger partial charge < -0.3 is 20.3 Å². The van der Waals surface area contributed by atoms with Crippen LogP contribution in [-0.4, -0.2) is 25.4 Å². The predicted octanol–water partition coefficient (Wildman–Crippen LogP) is 1.72. The smallest absolute Gasteiger partial charge is 0.122 e. The molecule has 0 spiro atoms. The number of benzene rings is 1. The Labute approximate surface area is 102 Å². The number of ether oxygens (including phenoxy) is 2. The van der Waals surface area contributed by atoms with Gasteiger partial charge in [-0.15, -0.1) is 0 Å². The molecule has 4 heteroatoms. The highest BCUT2D eigenvalue weighted by atomic mass is 16.5. The summed E-state index contributed by atoms with van der Waals surface area (Å²) in [6, 6.07) is 4.97. The van der Waals surface area contributed by atoms with Crippen LogP contribution in [0.3, 0.4) is 0 Å². The Kier molecular flexibility index (Phi) is 4.78. The molecule has 1 rings (SSSR count). The number of methoxy groups -OCH3 is 2. The molecule has 0 unspecified atom stereocenters. The number of aliphatic hydroxyl groups excluding tert-OH is 1. The van der Waals surface area contributed by atoms with Crippen molar-refractivity contribution in [3.63, 3.8) is 0 Å². The van der Waals surface area contributed by atoms with Crippen molar-refractivity contribution < 1.29 is 14.6 Å². The zero-order valence-electron chi connectivity index (χ0n) is 10.8. The maximum absolute atomic E-state index is 9.97. The molecule has 0 bridgehead atoms. The molecular weight excluding hydrogens is 218 g/mol. The van der Waals surface area contributed by atoms with Gasteiger partial charge in [0.25, 0.3) is 0 Å². The van der Waals surface area contributed by atoms with Gasteiger partial charge in [0, 0.05) is 6.07 Å². The monoisotopic (exact) mass is 239 g/mol. The molecule has 0 fully saturated rings. The van der Waals surface area contributed by atoms with Crippen molar-refractivity contribution in [3.05, 3.63) is 23.8 Å². The summed E-state index contributed by atoms with van der Waals surface area (Å²) < 4.78 is 10.3. The lowest BCUT2D eigenvalue weighted by atomic mass is 9.94. The molecular formula is C13H21NO3. The Hall–Kier alpha value is -1.26. The average molecular weight is 239 g/mol. The van der Waals surface area contributed by atoms with Gasteiger partial charge in [0.2, 0.25) is 0 Å². The minimum absolute atomic E-state index is 0.0993. The molecule has 3 N–H and O–H groups in total. The van der Waals surface area contributed by atoms with Crippen molar-refractivity contribution in [1.29, 1.82) is 0 Å². The Balaban J connectivity index is 3.03. The van der Waals surface area contributed by atoms with E-state index in [1.54, 1.807) is 20.3 Å². The van der Waals surface area contributed by atoms with E-state index in [2.05, 4.69) is 0 Å². The van der Waals surface area contributed by atoms with Gasteiger partial charge in [-0.1, -0.05) is 13.8 Å². The number of aliphatic hydroxyl groups is 1. The standard InChI is InChI=1S/C13H21NO3/c1-8(2)13(15)12(14)9-5-10(16-3)7-11(6-9)17-4/h5-8,12-13,15H,14H2,1-4H3/t12-,13+/m0/s1. The first-order valence-corrected chi connectivity index (χ1v) is 5.66. The summed E-state index contributed by atoms with van der Waals surface area (Å²) in [5.41, 5.74) is 6.83. The van der Waals surface area contributed by atoms with Crippen LogP contribution in [0.2, 0.25) is 0 Å². The van der Waals surface area contributed by atoms with Gasteiger partial charge >= 0.3 is 0 Å². The minimum Gasteiger partial charge on any atom is -0.497 e. The summed E-state index contributed by atoms with van der Waals surface area (Å²) in [6.45, 7) is 3.86. The third kappa shape index (κ3) is 3.35. The van der Waals surface area contributed by atoms with Gasteiger partial charge in [-0.3, -0.25) is 0 Å². The van der Waals surface area contributed by atoms with Gasteiger partial charge in [0.15, 0.2) is 0 Å². The van der Waals surface area contributed by atoms with Crippen molar-refractivity contribution in [3.8, 4) is 11.5 Å². The zero-order chi connectivity index (χ0) is 13.0. The van der Waals surface area contributed by atoms with Gasteiger partial charge in [-0.05, 0) is 23.6 Å². The maximum atomic E-state index is 9.97. The van der Waals surface area contributed by atoms with E-state index in [0.717, 1.165) is 5.56 Å². The quantitative estimate of drug-likeness (QED) is 0.821. The Morgan fingerprint density at radius 2 is 1.53 bits per heavy atom. The first-order chi connectivity index (χ1) is 7.99. The largest absolute Gasteiger partial charge is 0.497 e. The highest BCUT2D eigenvalue weighted by molar-refractivity contribution is 5.40. The van der Waals surface area contributed by atoms with Crippen molar-refractivity contribution in [2.24, 2.45) is 11.7 Å². The summed E-state index contributed by atoms with van der Waals surface area (Å²) in [5.74, 6) is 1.44. The second-order valence-corrected chi connectivity index (χ2v) is 4.41. The lowest BCUT2D eigenvalue weighted by Gasteiger charge is -2.23. The van der Waals surface area contributed by atoms with Crippen LogP contribution in [0.4, 0.5) is 0 Å². The van der Waals surface area contributed by atoms with E-state index >= 15 is 0 Å².